The summed E-state index contributed by atoms with van der Waals surface area (Å²) in [6, 6.07) is 22.9. The molecule has 0 bridgehead atoms. The van der Waals surface area contributed by atoms with Crippen LogP contribution in [-0.4, -0.2) is 34.1 Å². The van der Waals surface area contributed by atoms with Gasteiger partial charge in [-0.3, -0.25) is 14.9 Å². The smallest absolute Gasteiger partial charge is 0.290 e. The highest BCUT2D eigenvalue weighted by Crippen LogP contribution is 2.43. The fraction of sp³-hybridized carbons (Fsp3) is 0.138. The van der Waals surface area contributed by atoms with Gasteiger partial charge in [0.25, 0.3) is 11.6 Å². The number of nitrogens with one attached hydrogen (secondary N) is 1. The van der Waals surface area contributed by atoms with Gasteiger partial charge in [-0.15, -0.1) is 0 Å². The second kappa shape index (κ2) is 8.52. The van der Waals surface area contributed by atoms with Crippen molar-refractivity contribution in [2.45, 2.75) is 12.5 Å². The Morgan fingerprint density at radius 2 is 1.79 bits per heavy atom. The van der Waals surface area contributed by atoms with Crippen LogP contribution in [0.25, 0.3) is 22.2 Å². The number of rotatable bonds is 4. The van der Waals surface area contributed by atoms with E-state index in [0.29, 0.717) is 30.0 Å². The first-order valence-corrected chi connectivity index (χ1v) is 12.2. The number of amides is 1. The highest BCUT2D eigenvalue weighted by atomic mass is 16.7. The van der Waals surface area contributed by atoms with E-state index in [1.54, 1.807) is 35.2 Å². The maximum absolute atomic E-state index is 13.9. The van der Waals surface area contributed by atoms with Crippen molar-refractivity contribution in [3.05, 3.63) is 112 Å². The van der Waals surface area contributed by atoms with Gasteiger partial charge < -0.3 is 23.8 Å². The highest BCUT2D eigenvalue weighted by molar-refractivity contribution is 5.94. The number of nitro groups is 1. The zero-order valence-electron chi connectivity index (χ0n) is 20.0. The average molecular weight is 508 g/mol. The summed E-state index contributed by atoms with van der Waals surface area (Å²) in [5.74, 6) is 1.38. The Kier molecular flexibility index (Phi) is 4.97. The Balaban J connectivity index is 1.31. The summed E-state index contributed by atoms with van der Waals surface area (Å²) in [5.41, 5.74) is 4.23. The van der Waals surface area contributed by atoms with Crippen molar-refractivity contribution in [1.29, 1.82) is 0 Å². The summed E-state index contributed by atoms with van der Waals surface area (Å²) in [6.07, 6.45) is 0.670. The van der Waals surface area contributed by atoms with Crippen LogP contribution in [0.5, 0.6) is 11.5 Å². The van der Waals surface area contributed by atoms with Crippen molar-refractivity contribution in [3.63, 3.8) is 0 Å². The molecule has 38 heavy (non-hydrogen) atoms. The molecule has 0 saturated carbocycles. The molecule has 9 heteroatoms. The first-order valence-electron chi connectivity index (χ1n) is 12.2. The minimum Gasteiger partial charge on any atom is -0.454 e. The predicted octanol–water partition coefficient (Wildman–Crippen LogP) is 5.85. The molecule has 1 N–H and O–H groups in total. The minimum atomic E-state index is -0.461. The van der Waals surface area contributed by atoms with Gasteiger partial charge in [-0.05, 0) is 53.9 Å². The molecule has 0 aliphatic carbocycles. The van der Waals surface area contributed by atoms with Crippen molar-refractivity contribution in [2.24, 2.45) is 0 Å². The van der Waals surface area contributed by atoms with Crippen molar-refractivity contribution in [1.82, 2.24) is 9.88 Å². The van der Waals surface area contributed by atoms with E-state index in [2.05, 4.69) is 11.1 Å². The largest absolute Gasteiger partial charge is 0.454 e. The van der Waals surface area contributed by atoms with E-state index in [-0.39, 0.29) is 29.9 Å². The van der Waals surface area contributed by atoms with E-state index in [4.69, 9.17) is 13.9 Å². The Morgan fingerprint density at radius 1 is 0.974 bits per heavy atom. The zero-order chi connectivity index (χ0) is 25.8. The first-order chi connectivity index (χ1) is 18.6. The van der Waals surface area contributed by atoms with E-state index in [0.717, 1.165) is 22.2 Å². The van der Waals surface area contributed by atoms with Crippen LogP contribution in [0.4, 0.5) is 5.69 Å². The molecular formula is C29H21N3O6. The van der Waals surface area contributed by atoms with Crippen molar-refractivity contribution < 1.29 is 23.6 Å². The molecule has 2 aliphatic heterocycles. The van der Waals surface area contributed by atoms with E-state index in [9.17, 15) is 14.9 Å². The first kappa shape index (κ1) is 22.2. The topological polar surface area (TPSA) is 111 Å². The summed E-state index contributed by atoms with van der Waals surface area (Å²) >= 11 is 0. The number of fused-ring (bicyclic) bond motifs is 4. The van der Waals surface area contributed by atoms with Crippen LogP contribution in [0.2, 0.25) is 0 Å². The molecule has 1 amide bonds. The lowest BCUT2D eigenvalue weighted by Crippen LogP contribution is -2.40. The number of nitrogens with zero attached hydrogens (tertiary/aromatic N) is 2. The average Bonchev–Trinajstić information content (AvgIpc) is 3.70. The van der Waals surface area contributed by atoms with Gasteiger partial charge in [0.1, 0.15) is 5.76 Å². The number of carbonyl (C=O) groups is 1. The van der Waals surface area contributed by atoms with E-state index in [1.165, 1.54) is 11.6 Å². The summed E-state index contributed by atoms with van der Waals surface area (Å²) in [6.45, 7) is 0.624. The number of carbonyl (C=O) groups excluding carboxylic acids is 1. The zero-order valence-corrected chi connectivity index (χ0v) is 20.0. The Hall–Kier alpha value is -5.05. The third-order valence-corrected chi connectivity index (χ3v) is 7.19. The van der Waals surface area contributed by atoms with Gasteiger partial charge in [0.2, 0.25) is 6.79 Å². The van der Waals surface area contributed by atoms with Crippen LogP contribution in [0.15, 0.2) is 83.3 Å². The Bertz CT molecular complexity index is 1740. The van der Waals surface area contributed by atoms with Gasteiger partial charge in [0.05, 0.1) is 16.5 Å². The highest BCUT2D eigenvalue weighted by Gasteiger charge is 2.37. The number of furan rings is 1. The van der Waals surface area contributed by atoms with E-state index in [1.807, 2.05) is 36.4 Å². The van der Waals surface area contributed by atoms with Crippen LogP contribution in [0, 0.1) is 10.1 Å². The normalized spacial score (nSPS) is 16.0. The maximum atomic E-state index is 13.9. The number of ether oxygens (including phenoxy) is 2. The Labute approximate surface area is 216 Å². The van der Waals surface area contributed by atoms with Gasteiger partial charge >= 0.3 is 0 Å². The molecule has 1 unspecified atom stereocenters. The molecule has 0 saturated heterocycles. The van der Waals surface area contributed by atoms with Gasteiger partial charge in [-0.2, -0.15) is 0 Å². The van der Waals surface area contributed by atoms with E-state index < -0.39 is 11.0 Å². The van der Waals surface area contributed by atoms with Gasteiger partial charge in [-0.1, -0.05) is 36.4 Å². The van der Waals surface area contributed by atoms with Crippen molar-refractivity contribution in [2.75, 3.05) is 13.3 Å². The molecule has 9 nitrogen and oxygen atoms in total. The molecule has 5 aromatic rings. The van der Waals surface area contributed by atoms with Gasteiger partial charge in [0.15, 0.2) is 17.3 Å². The fourth-order valence-electron chi connectivity index (χ4n) is 5.47. The third kappa shape index (κ3) is 3.43. The predicted molar refractivity (Wildman–Crippen MR) is 138 cm³/mol. The molecule has 188 valence electrons. The van der Waals surface area contributed by atoms with Gasteiger partial charge in [0, 0.05) is 29.2 Å². The molecule has 1 atom stereocenters. The molecule has 2 aromatic heterocycles. The summed E-state index contributed by atoms with van der Waals surface area (Å²) in [7, 11) is 0. The fourth-order valence-corrected chi connectivity index (χ4v) is 5.47. The van der Waals surface area contributed by atoms with Crippen LogP contribution in [-0.2, 0) is 6.42 Å². The SMILES string of the molecule is O=C(c1ccc(-c2ccccc2[N+](=O)[O-])o1)N1CCc2c([nH]c3ccccc23)C1c1ccc2c(c1)OCO2. The standard InChI is InChI=1S/C29H21N3O6/c33-29(25-12-11-23(38-25)20-6-2-4-8-22(20)32(34)35)31-14-13-19-18-5-1-3-7-21(18)30-27(19)28(31)17-9-10-24-26(15-17)37-16-36-24/h1-12,15,28,30H,13-14,16H2. The molecular weight excluding hydrogens is 486 g/mol. The summed E-state index contributed by atoms with van der Waals surface area (Å²) < 4.78 is 17.1. The monoisotopic (exact) mass is 507 g/mol. The lowest BCUT2D eigenvalue weighted by molar-refractivity contribution is -0.384. The van der Waals surface area contributed by atoms with Crippen molar-refractivity contribution >= 4 is 22.5 Å². The second-order valence-electron chi connectivity index (χ2n) is 9.26. The third-order valence-electron chi connectivity index (χ3n) is 7.19. The molecule has 0 spiro atoms. The number of aromatic amines is 1. The molecule has 0 fully saturated rings. The van der Waals surface area contributed by atoms with Crippen molar-refractivity contribution in [3.8, 4) is 22.8 Å². The molecule has 0 radical (unpaired) electrons. The van der Waals surface area contributed by atoms with Crippen LogP contribution in [0.1, 0.15) is 33.4 Å². The summed E-state index contributed by atoms with van der Waals surface area (Å²) in [4.78, 5) is 30.3. The number of benzene rings is 3. The number of aromatic nitrogens is 1. The number of para-hydroxylation sites is 2. The second-order valence-corrected chi connectivity index (χ2v) is 9.26. The molecule has 2 aliphatic rings. The molecule has 4 heterocycles. The minimum absolute atomic E-state index is 0.0835. The Morgan fingerprint density at radius 3 is 2.68 bits per heavy atom. The van der Waals surface area contributed by atoms with Crippen LogP contribution < -0.4 is 9.47 Å². The summed E-state index contributed by atoms with van der Waals surface area (Å²) in [5, 5.41) is 12.7. The maximum Gasteiger partial charge on any atom is 0.290 e. The van der Waals surface area contributed by atoms with Crippen LogP contribution in [0.3, 0.4) is 0 Å². The molecule has 3 aromatic carbocycles. The van der Waals surface area contributed by atoms with Gasteiger partial charge in [-0.25, -0.2) is 0 Å². The number of hydrogen-bond acceptors (Lipinski definition) is 6. The quantitative estimate of drug-likeness (QED) is 0.241. The number of hydrogen-bond donors (Lipinski definition) is 1. The van der Waals surface area contributed by atoms with E-state index >= 15 is 0 Å². The van der Waals surface area contributed by atoms with Crippen LogP contribution >= 0.6 is 0 Å². The molecule has 7 rings (SSSR count). The lowest BCUT2D eigenvalue weighted by Gasteiger charge is -2.35. The number of H-pyrrole nitrogens is 1. The number of nitro benzene ring substituents is 1. The lowest BCUT2D eigenvalue weighted by atomic mass is 9.92.